The third kappa shape index (κ3) is 5.99. The predicted octanol–water partition coefficient (Wildman–Crippen LogP) is 4.38. The Labute approximate surface area is 222 Å². The highest BCUT2D eigenvalue weighted by atomic mass is 19.1. The fourth-order valence-corrected chi connectivity index (χ4v) is 4.15. The van der Waals surface area contributed by atoms with Crippen molar-refractivity contribution in [1.29, 1.82) is 0 Å². The van der Waals surface area contributed by atoms with Gasteiger partial charge in [0.05, 0.1) is 11.8 Å². The van der Waals surface area contributed by atoms with E-state index >= 15 is 4.39 Å². The molecule has 0 bridgehead atoms. The van der Waals surface area contributed by atoms with Crippen LogP contribution in [0.1, 0.15) is 39.7 Å². The molecule has 0 aliphatic rings. The number of likely N-dealkylation sites (N-methyl/N-ethyl adjacent to an activating group) is 1. The highest BCUT2D eigenvalue weighted by Crippen LogP contribution is 2.31. The largest absolute Gasteiger partial charge is 0.492 e. The average molecular weight is 522 g/mol. The number of anilines is 1. The summed E-state index contributed by atoms with van der Waals surface area (Å²) < 4.78 is 24.7. The van der Waals surface area contributed by atoms with E-state index < -0.39 is 5.82 Å². The Morgan fingerprint density at radius 3 is 2.66 bits per heavy atom. The lowest BCUT2D eigenvalue weighted by atomic mass is 10.1. The van der Waals surface area contributed by atoms with E-state index in [1.54, 1.807) is 31.5 Å². The summed E-state index contributed by atoms with van der Waals surface area (Å²) in [6.45, 7) is 14.2. The van der Waals surface area contributed by atoms with Gasteiger partial charge in [-0.15, -0.1) is 5.10 Å². The molecule has 3 heterocycles. The molecule has 0 unspecified atom stereocenters. The molecule has 10 nitrogen and oxygen atoms in total. The number of ether oxygens (including phenoxy) is 1. The Morgan fingerprint density at radius 1 is 1.13 bits per heavy atom. The minimum absolute atomic E-state index is 0.199. The molecule has 0 radical (unpaired) electrons. The molecule has 0 saturated carbocycles. The molecule has 38 heavy (non-hydrogen) atoms. The zero-order valence-electron chi connectivity index (χ0n) is 22.7. The second-order valence-electron chi connectivity index (χ2n) is 9.64. The van der Waals surface area contributed by atoms with Gasteiger partial charge in [-0.1, -0.05) is 27.7 Å². The highest BCUT2D eigenvalue weighted by Gasteiger charge is 2.20. The van der Waals surface area contributed by atoms with Crippen molar-refractivity contribution in [1.82, 2.24) is 39.9 Å². The maximum Gasteiger partial charge on any atom is 0.190 e. The predicted molar refractivity (Wildman–Crippen MR) is 145 cm³/mol. The number of aromatic nitrogens is 7. The van der Waals surface area contributed by atoms with Crippen LogP contribution in [0, 0.1) is 18.7 Å². The molecule has 3 aromatic heterocycles. The average Bonchev–Trinajstić information content (AvgIpc) is 3.58. The number of rotatable bonds is 12. The molecule has 0 amide bonds. The Hall–Kier alpha value is -3.86. The third-order valence-electron chi connectivity index (χ3n) is 6.64. The van der Waals surface area contributed by atoms with Crippen LogP contribution in [0.25, 0.3) is 28.2 Å². The SMILES string of the molecule is CCN(CC)CCOc1ccc(-n2nnnc2-c2cc(-c3cnn(CCC(C)C)c3)cnc2N)c(F)c1C. The lowest BCUT2D eigenvalue weighted by Crippen LogP contribution is -2.28. The van der Waals surface area contributed by atoms with Crippen LogP contribution >= 0.6 is 0 Å². The molecule has 0 atom stereocenters. The summed E-state index contributed by atoms with van der Waals surface area (Å²) in [6, 6.07) is 5.20. The van der Waals surface area contributed by atoms with Crippen LogP contribution < -0.4 is 10.5 Å². The molecule has 2 N–H and O–H groups in total. The van der Waals surface area contributed by atoms with Gasteiger partial charge < -0.3 is 15.4 Å². The van der Waals surface area contributed by atoms with Gasteiger partial charge in [0.15, 0.2) is 11.6 Å². The number of tetrazole rings is 1. The summed E-state index contributed by atoms with van der Waals surface area (Å²) in [4.78, 5) is 6.61. The summed E-state index contributed by atoms with van der Waals surface area (Å²) in [6.07, 6.45) is 6.49. The normalized spacial score (nSPS) is 11.6. The van der Waals surface area contributed by atoms with Crippen molar-refractivity contribution in [3.05, 3.63) is 48.2 Å². The fourth-order valence-electron chi connectivity index (χ4n) is 4.15. The van der Waals surface area contributed by atoms with Gasteiger partial charge in [0.25, 0.3) is 0 Å². The van der Waals surface area contributed by atoms with E-state index in [2.05, 4.69) is 58.2 Å². The lowest BCUT2D eigenvalue weighted by Gasteiger charge is -2.19. The van der Waals surface area contributed by atoms with Crippen LogP contribution in [0.5, 0.6) is 5.75 Å². The number of nitrogen functional groups attached to an aromatic ring is 1. The van der Waals surface area contributed by atoms with Gasteiger partial charge in [-0.25, -0.2) is 9.37 Å². The highest BCUT2D eigenvalue weighted by molar-refractivity contribution is 5.76. The van der Waals surface area contributed by atoms with Crippen LogP contribution in [0.3, 0.4) is 0 Å². The number of hydrogen-bond acceptors (Lipinski definition) is 8. The maximum absolute atomic E-state index is 15.6. The zero-order valence-corrected chi connectivity index (χ0v) is 22.7. The van der Waals surface area contributed by atoms with Crippen molar-refractivity contribution >= 4 is 5.82 Å². The van der Waals surface area contributed by atoms with Gasteiger partial charge in [-0.05, 0) is 61.0 Å². The monoisotopic (exact) mass is 521 g/mol. The smallest absolute Gasteiger partial charge is 0.190 e. The van der Waals surface area contributed by atoms with Crippen molar-refractivity contribution in [3.63, 3.8) is 0 Å². The molecule has 1 aromatic carbocycles. The van der Waals surface area contributed by atoms with Crippen molar-refractivity contribution < 1.29 is 9.13 Å². The molecule has 202 valence electrons. The van der Waals surface area contributed by atoms with Gasteiger partial charge >= 0.3 is 0 Å². The first-order valence-corrected chi connectivity index (χ1v) is 13.0. The summed E-state index contributed by atoms with van der Waals surface area (Å²) in [5, 5.41) is 16.5. The minimum atomic E-state index is -0.465. The van der Waals surface area contributed by atoms with Crippen LogP contribution in [0.4, 0.5) is 10.2 Å². The first kappa shape index (κ1) is 27.2. The molecule has 0 fully saturated rings. The molecular formula is C27H36FN9O. The lowest BCUT2D eigenvalue weighted by molar-refractivity contribution is 0.221. The summed E-state index contributed by atoms with van der Waals surface area (Å²) in [7, 11) is 0. The van der Waals surface area contributed by atoms with Crippen molar-refractivity contribution in [2.75, 3.05) is 32.0 Å². The van der Waals surface area contributed by atoms with E-state index in [1.165, 1.54) is 4.68 Å². The van der Waals surface area contributed by atoms with E-state index in [0.717, 1.165) is 43.7 Å². The number of aryl methyl sites for hydroxylation is 1. The number of benzene rings is 1. The Bertz CT molecular complexity index is 1360. The number of nitrogens with zero attached hydrogens (tertiary/aromatic N) is 8. The number of pyridine rings is 1. The Kier molecular flexibility index (Phi) is 8.67. The summed E-state index contributed by atoms with van der Waals surface area (Å²) >= 11 is 0. The van der Waals surface area contributed by atoms with Crippen molar-refractivity contribution in [2.24, 2.45) is 5.92 Å². The van der Waals surface area contributed by atoms with Gasteiger partial charge in [0, 0.05) is 42.2 Å². The van der Waals surface area contributed by atoms with Crippen LogP contribution in [0.2, 0.25) is 0 Å². The third-order valence-corrected chi connectivity index (χ3v) is 6.64. The topological polar surface area (TPSA) is 113 Å². The summed E-state index contributed by atoms with van der Waals surface area (Å²) in [5.41, 5.74) is 9.02. The van der Waals surface area contributed by atoms with Crippen molar-refractivity contribution in [3.8, 4) is 34.0 Å². The minimum Gasteiger partial charge on any atom is -0.492 e. The van der Waals surface area contributed by atoms with Gasteiger partial charge in [0.2, 0.25) is 0 Å². The number of nitrogens with two attached hydrogens (primary N) is 1. The second-order valence-corrected chi connectivity index (χ2v) is 9.64. The molecule has 4 rings (SSSR count). The molecular weight excluding hydrogens is 485 g/mol. The van der Waals surface area contributed by atoms with Crippen LogP contribution in [-0.4, -0.2) is 66.1 Å². The maximum atomic E-state index is 15.6. The Balaban J connectivity index is 1.60. The summed E-state index contributed by atoms with van der Waals surface area (Å²) in [5.74, 6) is 1.14. The molecule has 4 aromatic rings. The first-order valence-electron chi connectivity index (χ1n) is 13.0. The molecule has 0 spiro atoms. The van der Waals surface area contributed by atoms with E-state index in [0.29, 0.717) is 29.4 Å². The molecule has 0 aliphatic carbocycles. The molecule has 0 saturated heterocycles. The fraction of sp³-hybridized carbons (Fsp3) is 0.444. The Morgan fingerprint density at radius 2 is 1.92 bits per heavy atom. The van der Waals surface area contributed by atoms with Crippen molar-refractivity contribution in [2.45, 2.75) is 47.6 Å². The van der Waals surface area contributed by atoms with Gasteiger partial charge in [-0.2, -0.15) is 9.78 Å². The van der Waals surface area contributed by atoms with Gasteiger partial charge in [0.1, 0.15) is 23.9 Å². The van der Waals surface area contributed by atoms with E-state index in [1.807, 2.05) is 16.9 Å². The molecule has 11 heteroatoms. The second kappa shape index (κ2) is 12.1. The van der Waals surface area contributed by atoms with Crippen LogP contribution in [0.15, 0.2) is 36.8 Å². The standard InChI is InChI=1S/C27H36FN9O/c1-6-35(7-2)12-13-38-24-9-8-23(25(28)19(24)5)37-27(32-33-34-37)22-14-20(15-30-26(22)29)21-16-31-36(17-21)11-10-18(3)4/h8-9,14-18H,6-7,10-13H2,1-5H3,(H2,29,30). The van der Waals surface area contributed by atoms with E-state index in [-0.39, 0.29) is 17.3 Å². The van der Waals surface area contributed by atoms with E-state index in [4.69, 9.17) is 10.5 Å². The zero-order chi connectivity index (χ0) is 27.2. The van der Waals surface area contributed by atoms with E-state index in [9.17, 15) is 0 Å². The number of halogens is 1. The first-order chi connectivity index (χ1) is 18.3. The van der Waals surface area contributed by atoms with Crippen LogP contribution in [-0.2, 0) is 6.54 Å². The molecule has 0 aliphatic heterocycles. The number of hydrogen-bond donors (Lipinski definition) is 1. The van der Waals surface area contributed by atoms with Gasteiger partial charge in [-0.3, -0.25) is 4.68 Å². The quantitative estimate of drug-likeness (QED) is 0.292.